The van der Waals surface area contributed by atoms with Crippen molar-refractivity contribution in [2.24, 2.45) is 11.8 Å². The van der Waals surface area contributed by atoms with E-state index in [9.17, 15) is 18.8 Å². The highest BCUT2D eigenvalue weighted by molar-refractivity contribution is 6.11. The fourth-order valence-corrected chi connectivity index (χ4v) is 6.29. The van der Waals surface area contributed by atoms with Crippen LogP contribution in [-0.4, -0.2) is 41.5 Å². The van der Waals surface area contributed by atoms with Crippen LogP contribution in [-0.2, 0) is 19.1 Å². The van der Waals surface area contributed by atoms with Crippen LogP contribution in [0.15, 0.2) is 60.7 Å². The second-order valence-electron chi connectivity index (χ2n) is 10.2. The Hall–Kier alpha value is -3.52. The van der Waals surface area contributed by atoms with Crippen molar-refractivity contribution in [1.29, 1.82) is 0 Å². The second-order valence-corrected chi connectivity index (χ2v) is 10.2. The van der Waals surface area contributed by atoms with Gasteiger partial charge in [-0.3, -0.25) is 19.3 Å². The van der Waals surface area contributed by atoms with Crippen molar-refractivity contribution in [2.45, 2.75) is 56.4 Å². The number of ether oxygens (including phenoxy) is 1. The van der Waals surface area contributed by atoms with Crippen molar-refractivity contribution in [3.05, 3.63) is 72.1 Å². The standard InChI is InChI=1S/C28H28FN3O4/c1-16-10-12-18(13-11-16)30-25(33)22-21-14-15-28(36-21)23(22)27(35)32(20-9-5-4-8-19(20)29)24(28)26(34)31-17-6-2-3-7-17/h4-5,8-15,17,21-24H,2-3,6-7H2,1H3,(H,30,33)(H,31,34)/t21-,22-,23+,24-,28-/m1/s1. The van der Waals surface area contributed by atoms with Crippen molar-refractivity contribution in [3.8, 4) is 0 Å². The largest absolute Gasteiger partial charge is 0.359 e. The van der Waals surface area contributed by atoms with E-state index in [1.165, 1.54) is 23.1 Å². The van der Waals surface area contributed by atoms with E-state index in [1.807, 2.05) is 19.1 Å². The predicted octanol–water partition coefficient (Wildman–Crippen LogP) is 3.49. The van der Waals surface area contributed by atoms with Crippen LogP contribution in [0.2, 0.25) is 0 Å². The average molecular weight is 490 g/mol. The van der Waals surface area contributed by atoms with Gasteiger partial charge in [-0.15, -0.1) is 0 Å². The lowest BCUT2D eigenvalue weighted by Gasteiger charge is -2.33. The van der Waals surface area contributed by atoms with Crippen LogP contribution < -0.4 is 15.5 Å². The molecule has 2 aromatic rings. The number of para-hydroxylation sites is 1. The minimum atomic E-state index is -1.35. The minimum Gasteiger partial charge on any atom is -0.359 e. The van der Waals surface area contributed by atoms with Gasteiger partial charge in [-0.25, -0.2) is 4.39 Å². The van der Waals surface area contributed by atoms with Crippen LogP contribution in [0.4, 0.5) is 15.8 Å². The third-order valence-electron chi connectivity index (χ3n) is 7.96. The molecular formula is C28H28FN3O4. The molecular weight excluding hydrogens is 461 g/mol. The molecule has 0 unspecified atom stereocenters. The van der Waals surface area contributed by atoms with Crippen LogP contribution in [0.1, 0.15) is 31.2 Å². The predicted molar refractivity (Wildman–Crippen MR) is 132 cm³/mol. The Morgan fingerprint density at radius 2 is 1.78 bits per heavy atom. The number of hydrogen-bond acceptors (Lipinski definition) is 4. The van der Waals surface area contributed by atoms with Crippen molar-refractivity contribution in [3.63, 3.8) is 0 Å². The molecule has 2 aromatic carbocycles. The molecule has 0 aromatic heterocycles. The quantitative estimate of drug-likeness (QED) is 0.630. The van der Waals surface area contributed by atoms with Gasteiger partial charge in [0.15, 0.2) is 0 Å². The summed E-state index contributed by atoms with van der Waals surface area (Å²) in [5.74, 6) is -3.63. The zero-order valence-corrected chi connectivity index (χ0v) is 19.9. The molecule has 3 fully saturated rings. The van der Waals surface area contributed by atoms with Crippen LogP contribution in [0, 0.1) is 24.6 Å². The molecule has 3 heterocycles. The van der Waals surface area contributed by atoms with E-state index < -0.39 is 41.3 Å². The third kappa shape index (κ3) is 3.46. The van der Waals surface area contributed by atoms with Gasteiger partial charge < -0.3 is 15.4 Å². The number of carbonyl (C=O) groups excluding carboxylic acids is 3. The number of carbonyl (C=O) groups is 3. The lowest BCUT2D eigenvalue weighted by Crippen LogP contribution is -2.56. The summed E-state index contributed by atoms with van der Waals surface area (Å²) in [6.07, 6.45) is 6.62. The fraction of sp³-hybridized carbons (Fsp3) is 0.393. The van der Waals surface area contributed by atoms with Gasteiger partial charge in [0.05, 0.1) is 23.6 Å². The van der Waals surface area contributed by atoms with Gasteiger partial charge in [0.2, 0.25) is 17.7 Å². The molecule has 2 N–H and O–H groups in total. The first-order valence-electron chi connectivity index (χ1n) is 12.5. The fourth-order valence-electron chi connectivity index (χ4n) is 6.29. The smallest absolute Gasteiger partial charge is 0.246 e. The Bertz CT molecular complexity index is 1260. The normalized spacial score (nSPS) is 30.6. The number of anilines is 2. The molecule has 1 spiro atoms. The number of rotatable bonds is 5. The molecule has 2 saturated heterocycles. The van der Waals surface area contributed by atoms with E-state index >= 15 is 0 Å². The van der Waals surface area contributed by atoms with E-state index in [4.69, 9.17) is 4.74 Å². The molecule has 0 radical (unpaired) electrons. The van der Waals surface area contributed by atoms with Gasteiger partial charge in [0, 0.05) is 11.7 Å². The highest BCUT2D eigenvalue weighted by Crippen LogP contribution is 2.56. The van der Waals surface area contributed by atoms with Gasteiger partial charge in [-0.05, 0) is 44.0 Å². The van der Waals surface area contributed by atoms with Gasteiger partial charge in [0.25, 0.3) is 0 Å². The summed E-state index contributed by atoms with van der Waals surface area (Å²) in [7, 11) is 0. The molecule has 7 nitrogen and oxygen atoms in total. The molecule has 1 aliphatic carbocycles. The van der Waals surface area contributed by atoms with Crippen LogP contribution in [0.5, 0.6) is 0 Å². The number of benzene rings is 2. The van der Waals surface area contributed by atoms with Crippen molar-refractivity contribution in [2.75, 3.05) is 10.2 Å². The minimum absolute atomic E-state index is 0.00809. The number of nitrogens with zero attached hydrogens (tertiary/aromatic N) is 1. The average Bonchev–Trinajstić information content (AvgIpc) is 3.63. The maximum Gasteiger partial charge on any atom is 0.246 e. The molecule has 1 saturated carbocycles. The van der Waals surface area contributed by atoms with E-state index in [0.717, 1.165) is 31.2 Å². The summed E-state index contributed by atoms with van der Waals surface area (Å²) < 4.78 is 21.3. The van der Waals surface area contributed by atoms with Gasteiger partial charge >= 0.3 is 0 Å². The van der Waals surface area contributed by atoms with Crippen molar-refractivity contribution in [1.82, 2.24) is 5.32 Å². The lowest BCUT2D eigenvalue weighted by molar-refractivity contribution is -0.129. The third-order valence-corrected chi connectivity index (χ3v) is 7.96. The van der Waals surface area contributed by atoms with E-state index in [2.05, 4.69) is 10.6 Å². The summed E-state index contributed by atoms with van der Waals surface area (Å²) in [5.41, 5.74) is 0.331. The number of hydrogen-bond donors (Lipinski definition) is 2. The first kappa shape index (κ1) is 22.9. The summed E-state index contributed by atoms with van der Waals surface area (Å²) in [4.78, 5) is 42.4. The van der Waals surface area contributed by atoms with Gasteiger partial charge in [-0.1, -0.05) is 54.8 Å². The summed E-state index contributed by atoms with van der Waals surface area (Å²) in [6, 6.07) is 12.2. The molecule has 2 bridgehead atoms. The highest BCUT2D eigenvalue weighted by Gasteiger charge is 2.73. The Morgan fingerprint density at radius 3 is 2.50 bits per heavy atom. The molecule has 8 heteroatoms. The van der Waals surface area contributed by atoms with E-state index in [-0.39, 0.29) is 23.5 Å². The van der Waals surface area contributed by atoms with Crippen LogP contribution in [0.3, 0.4) is 0 Å². The molecule has 3 aliphatic heterocycles. The number of nitrogens with one attached hydrogen (secondary N) is 2. The Kier molecular flexibility index (Phi) is 5.44. The maximum absolute atomic E-state index is 15.0. The van der Waals surface area contributed by atoms with Crippen LogP contribution in [0.25, 0.3) is 0 Å². The number of fused-ring (bicyclic) bond motifs is 1. The molecule has 5 atom stereocenters. The van der Waals surface area contributed by atoms with Gasteiger partial charge in [0.1, 0.15) is 17.5 Å². The second kappa shape index (κ2) is 8.55. The zero-order chi connectivity index (χ0) is 25.0. The molecule has 3 amide bonds. The Labute approximate surface area is 208 Å². The van der Waals surface area contributed by atoms with E-state index in [0.29, 0.717) is 5.69 Å². The molecule has 186 valence electrons. The highest BCUT2D eigenvalue weighted by atomic mass is 19.1. The first-order chi connectivity index (χ1) is 17.4. The molecule has 6 rings (SSSR count). The molecule has 4 aliphatic rings. The zero-order valence-electron chi connectivity index (χ0n) is 19.9. The summed E-state index contributed by atoms with van der Waals surface area (Å²) in [6.45, 7) is 1.95. The maximum atomic E-state index is 15.0. The number of aryl methyl sites for hydroxylation is 1. The monoisotopic (exact) mass is 489 g/mol. The Balaban J connectivity index is 1.38. The number of halogens is 1. The number of amides is 3. The summed E-state index contributed by atoms with van der Waals surface area (Å²) in [5, 5.41) is 5.97. The van der Waals surface area contributed by atoms with Crippen molar-refractivity contribution >= 4 is 29.1 Å². The Morgan fingerprint density at radius 1 is 1.06 bits per heavy atom. The SMILES string of the molecule is Cc1ccc(NC(=O)[C@H]2[C@H]3C(=O)N(c4ccccc4F)[C@H](C(=O)NC4CCCC4)[C@@]34C=C[C@H]2O4)cc1. The molecule has 36 heavy (non-hydrogen) atoms. The van der Waals surface area contributed by atoms with E-state index in [1.54, 1.807) is 30.4 Å². The first-order valence-corrected chi connectivity index (χ1v) is 12.5. The summed E-state index contributed by atoms with van der Waals surface area (Å²) >= 11 is 0. The van der Waals surface area contributed by atoms with Crippen molar-refractivity contribution < 1.29 is 23.5 Å². The van der Waals surface area contributed by atoms with Gasteiger partial charge in [-0.2, -0.15) is 0 Å². The topological polar surface area (TPSA) is 87.7 Å². The van der Waals surface area contributed by atoms with Crippen LogP contribution >= 0.6 is 0 Å². The lowest BCUT2D eigenvalue weighted by atomic mass is 9.74.